The predicted octanol–water partition coefficient (Wildman–Crippen LogP) is 1.65. The van der Waals surface area contributed by atoms with Crippen LogP contribution in [0.5, 0.6) is 0 Å². The van der Waals surface area contributed by atoms with Crippen molar-refractivity contribution in [1.82, 2.24) is 4.90 Å². The van der Waals surface area contributed by atoms with Crippen LogP contribution < -0.4 is 4.90 Å². The van der Waals surface area contributed by atoms with Crippen molar-refractivity contribution in [2.45, 2.75) is 18.6 Å². The molecule has 2 aromatic carbocycles. The van der Waals surface area contributed by atoms with E-state index < -0.39 is 29.0 Å². The Kier molecular flexibility index (Phi) is 3.04. The number of nitro benzene ring substituents is 1. The minimum Gasteiger partial charge on any atom is -0.391 e. The first-order valence-electron chi connectivity index (χ1n) is 7.48. The Labute approximate surface area is 136 Å². The number of imide groups is 1. The highest BCUT2D eigenvalue weighted by Gasteiger charge is 2.51. The first-order chi connectivity index (χ1) is 11.5. The van der Waals surface area contributed by atoms with Crippen molar-refractivity contribution in [1.29, 1.82) is 0 Å². The number of hydrogen-bond acceptors (Lipinski definition) is 5. The van der Waals surface area contributed by atoms with Crippen molar-refractivity contribution in [2.75, 3.05) is 11.4 Å². The lowest BCUT2D eigenvalue weighted by Gasteiger charge is -2.18. The Hall–Kier alpha value is -3.00. The molecule has 24 heavy (non-hydrogen) atoms. The van der Waals surface area contributed by atoms with E-state index in [0.29, 0.717) is 16.5 Å². The molecule has 2 heterocycles. The van der Waals surface area contributed by atoms with Crippen LogP contribution >= 0.6 is 0 Å². The molecule has 0 radical (unpaired) electrons. The number of nitro groups is 1. The average Bonchev–Trinajstić information content (AvgIpc) is 3.05. The second kappa shape index (κ2) is 5.00. The maximum Gasteiger partial charge on any atom is 0.332 e. The van der Waals surface area contributed by atoms with Gasteiger partial charge in [0.2, 0.25) is 0 Å². The predicted molar refractivity (Wildman–Crippen MR) is 84.6 cm³/mol. The number of benzene rings is 2. The number of hydrogen-bond donors (Lipinski definition) is 1. The van der Waals surface area contributed by atoms with Crippen LogP contribution in [0.1, 0.15) is 6.42 Å². The fraction of sp³-hybridized carbons (Fsp3) is 0.250. The number of urea groups is 1. The van der Waals surface area contributed by atoms with Crippen LogP contribution in [-0.2, 0) is 4.79 Å². The Balaban J connectivity index is 1.87. The maximum atomic E-state index is 12.6. The first-order valence-corrected chi connectivity index (χ1v) is 7.48. The van der Waals surface area contributed by atoms with E-state index >= 15 is 0 Å². The van der Waals surface area contributed by atoms with Crippen molar-refractivity contribution < 1.29 is 19.6 Å². The number of carbonyl (C=O) groups is 2. The number of aliphatic hydroxyl groups excluding tert-OH is 1. The molecule has 122 valence electrons. The molecule has 8 heteroatoms. The lowest BCUT2D eigenvalue weighted by atomic mass is 10.1. The van der Waals surface area contributed by atoms with E-state index in [2.05, 4.69) is 0 Å². The summed E-state index contributed by atoms with van der Waals surface area (Å²) in [6.45, 7) is 0.122. The van der Waals surface area contributed by atoms with Crippen molar-refractivity contribution in [2.24, 2.45) is 0 Å². The van der Waals surface area contributed by atoms with Crippen LogP contribution in [0.4, 0.5) is 16.2 Å². The average molecular weight is 327 g/mol. The molecular formula is C16H13N3O5. The van der Waals surface area contributed by atoms with Gasteiger partial charge in [0.25, 0.3) is 11.6 Å². The molecule has 2 atom stereocenters. The van der Waals surface area contributed by atoms with Crippen LogP contribution in [-0.4, -0.2) is 45.6 Å². The second-order valence-corrected chi connectivity index (χ2v) is 5.92. The SMILES string of the molecule is O=C1C2C[C@@H](O)CN2C(=O)N1c1ccc([N+](=O)[O-])c2ccccc12. The molecule has 2 fully saturated rings. The van der Waals surface area contributed by atoms with E-state index in [1.807, 2.05) is 0 Å². The van der Waals surface area contributed by atoms with Gasteiger partial charge < -0.3 is 10.0 Å². The van der Waals surface area contributed by atoms with Gasteiger partial charge in [-0.1, -0.05) is 18.2 Å². The fourth-order valence-corrected chi connectivity index (χ4v) is 3.47. The van der Waals surface area contributed by atoms with Gasteiger partial charge in [0, 0.05) is 24.4 Å². The fourth-order valence-electron chi connectivity index (χ4n) is 3.47. The molecule has 2 saturated heterocycles. The van der Waals surface area contributed by atoms with Crippen LogP contribution in [0.2, 0.25) is 0 Å². The summed E-state index contributed by atoms with van der Waals surface area (Å²) in [4.78, 5) is 38.3. The molecule has 0 bridgehead atoms. The summed E-state index contributed by atoms with van der Waals surface area (Å²) in [7, 11) is 0. The largest absolute Gasteiger partial charge is 0.391 e. The molecule has 8 nitrogen and oxygen atoms in total. The van der Waals surface area contributed by atoms with E-state index in [4.69, 9.17) is 0 Å². The lowest BCUT2D eigenvalue weighted by Crippen LogP contribution is -2.35. The van der Waals surface area contributed by atoms with E-state index in [0.717, 1.165) is 4.90 Å². The summed E-state index contributed by atoms with van der Waals surface area (Å²) < 4.78 is 0. The smallest absolute Gasteiger partial charge is 0.332 e. The van der Waals surface area contributed by atoms with E-state index in [-0.39, 0.29) is 18.7 Å². The number of nitrogens with zero attached hydrogens (tertiary/aromatic N) is 3. The molecule has 2 aromatic rings. The number of non-ortho nitro benzene ring substituents is 1. The quantitative estimate of drug-likeness (QED) is 0.513. The zero-order chi connectivity index (χ0) is 17.0. The summed E-state index contributed by atoms with van der Waals surface area (Å²) in [5, 5.41) is 21.7. The topological polar surface area (TPSA) is 104 Å². The van der Waals surface area contributed by atoms with E-state index in [1.54, 1.807) is 24.3 Å². The van der Waals surface area contributed by atoms with Crippen molar-refractivity contribution in [3.8, 4) is 0 Å². The molecular weight excluding hydrogens is 314 g/mol. The summed E-state index contributed by atoms with van der Waals surface area (Å²) >= 11 is 0. The molecule has 0 spiro atoms. The molecule has 1 N–H and O–H groups in total. The lowest BCUT2D eigenvalue weighted by molar-refractivity contribution is -0.383. The molecule has 0 aromatic heterocycles. The van der Waals surface area contributed by atoms with Gasteiger partial charge in [-0.05, 0) is 12.1 Å². The minimum atomic E-state index is -0.696. The summed E-state index contributed by atoms with van der Waals surface area (Å²) in [5.41, 5.74) is 0.249. The summed E-state index contributed by atoms with van der Waals surface area (Å²) in [5.74, 6) is -0.407. The third kappa shape index (κ3) is 1.89. The number of fused-ring (bicyclic) bond motifs is 2. The standard InChI is InChI=1S/C16H13N3O5/c20-9-7-14-15(21)18(16(22)17(14)8-9)12-5-6-13(19(23)24)11-4-2-1-3-10(11)12/h1-6,9,14,20H,7-8H2/t9-,14?/m1/s1. The van der Waals surface area contributed by atoms with Crippen LogP contribution in [0.3, 0.4) is 0 Å². The molecule has 4 rings (SSSR count). The van der Waals surface area contributed by atoms with Gasteiger partial charge in [0.05, 0.1) is 22.1 Å². The summed E-state index contributed by atoms with van der Waals surface area (Å²) in [6.07, 6.45) is -0.481. The van der Waals surface area contributed by atoms with Crippen molar-refractivity contribution in [3.05, 3.63) is 46.5 Å². The monoisotopic (exact) mass is 327 g/mol. The maximum absolute atomic E-state index is 12.6. The Morgan fingerprint density at radius 1 is 1.12 bits per heavy atom. The highest BCUT2D eigenvalue weighted by atomic mass is 16.6. The normalized spacial score (nSPS) is 23.2. The first kappa shape index (κ1) is 14.6. The minimum absolute atomic E-state index is 0.0793. The van der Waals surface area contributed by atoms with E-state index in [9.17, 15) is 24.8 Å². The van der Waals surface area contributed by atoms with Crippen molar-refractivity contribution in [3.63, 3.8) is 0 Å². The summed E-state index contributed by atoms with van der Waals surface area (Å²) in [6, 6.07) is 8.17. The van der Waals surface area contributed by atoms with Gasteiger partial charge >= 0.3 is 6.03 Å². The zero-order valence-corrected chi connectivity index (χ0v) is 12.5. The van der Waals surface area contributed by atoms with Crippen LogP contribution in [0.25, 0.3) is 10.8 Å². The third-order valence-corrected chi connectivity index (χ3v) is 4.54. The molecule has 0 aliphatic carbocycles. The Bertz CT molecular complexity index is 872. The van der Waals surface area contributed by atoms with Gasteiger partial charge in [-0.3, -0.25) is 14.9 Å². The van der Waals surface area contributed by atoms with Crippen LogP contribution in [0, 0.1) is 10.1 Å². The molecule has 2 aliphatic heterocycles. The number of amides is 3. The van der Waals surface area contributed by atoms with Gasteiger partial charge in [0.15, 0.2) is 0 Å². The molecule has 2 aliphatic rings. The highest BCUT2D eigenvalue weighted by Crippen LogP contribution is 2.38. The molecule has 3 amide bonds. The number of aliphatic hydroxyl groups is 1. The van der Waals surface area contributed by atoms with Gasteiger partial charge in [-0.25, -0.2) is 9.69 Å². The van der Waals surface area contributed by atoms with Gasteiger partial charge in [-0.2, -0.15) is 0 Å². The van der Waals surface area contributed by atoms with Crippen LogP contribution in [0.15, 0.2) is 36.4 Å². The Morgan fingerprint density at radius 3 is 2.50 bits per heavy atom. The Morgan fingerprint density at radius 2 is 1.83 bits per heavy atom. The number of anilines is 1. The number of rotatable bonds is 2. The molecule has 0 saturated carbocycles. The zero-order valence-electron chi connectivity index (χ0n) is 12.5. The highest BCUT2D eigenvalue weighted by molar-refractivity contribution is 6.25. The van der Waals surface area contributed by atoms with E-state index in [1.165, 1.54) is 17.0 Å². The number of carbonyl (C=O) groups excluding carboxylic acids is 2. The third-order valence-electron chi connectivity index (χ3n) is 4.54. The van der Waals surface area contributed by atoms with Gasteiger partial charge in [-0.15, -0.1) is 0 Å². The van der Waals surface area contributed by atoms with Gasteiger partial charge in [0.1, 0.15) is 6.04 Å². The van der Waals surface area contributed by atoms with Crippen molar-refractivity contribution >= 4 is 34.1 Å². The molecule has 1 unspecified atom stereocenters. The second-order valence-electron chi connectivity index (χ2n) is 5.92.